The van der Waals surface area contributed by atoms with Crippen molar-refractivity contribution < 1.29 is 27.5 Å². The van der Waals surface area contributed by atoms with Crippen LogP contribution in [0.4, 0.5) is 13.2 Å². The summed E-state index contributed by atoms with van der Waals surface area (Å²) in [5.41, 5.74) is -1.62. The predicted octanol–water partition coefficient (Wildman–Crippen LogP) is 2.78. The third-order valence-electron chi connectivity index (χ3n) is 3.08. The first-order chi connectivity index (χ1) is 10.8. The topological polar surface area (TPSA) is 55.4 Å². The minimum Gasteiger partial charge on any atom is -0.467 e. The smallest absolute Gasteiger partial charge is 0.417 e. The zero-order valence-electron chi connectivity index (χ0n) is 12.4. The van der Waals surface area contributed by atoms with Crippen LogP contribution in [0.3, 0.4) is 0 Å². The highest BCUT2D eigenvalue weighted by atomic mass is 19.4. The lowest BCUT2D eigenvalue weighted by atomic mass is 10.0. The summed E-state index contributed by atoms with van der Waals surface area (Å²) >= 11 is 0. The molecule has 0 radical (unpaired) electrons. The number of carbonyl (C=O) groups excluding carboxylic acids is 2. The molecule has 0 heterocycles. The third-order valence-corrected chi connectivity index (χ3v) is 3.08. The van der Waals surface area contributed by atoms with Crippen LogP contribution in [0, 0.1) is 12.3 Å². The number of benzene rings is 1. The number of halogens is 3. The number of methoxy groups -OCH3 is 1. The van der Waals surface area contributed by atoms with Gasteiger partial charge in [-0.2, -0.15) is 13.2 Å². The Morgan fingerprint density at radius 3 is 2.57 bits per heavy atom. The lowest BCUT2D eigenvalue weighted by Crippen LogP contribution is -2.42. The van der Waals surface area contributed by atoms with Gasteiger partial charge in [0, 0.05) is 6.42 Å². The molecule has 0 bridgehead atoms. The summed E-state index contributed by atoms with van der Waals surface area (Å²) in [6.45, 7) is 0. The van der Waals surface area contributed by atoms with Gasteiger partial charge in [-0.3, -0.25) is 4.79 Å². The summed E-state index contributed by atoms with van der Waals surface area (Å²) in [5, 5.41) is 2.27. The fourth-order valence-corrected chi connectivity index (χ4v) is 1.96. The van der Waals surface area contributed by atoms with Crippen LogP contribution in [-0.4, -0.2) is 25.0 Å². The maximum Gasteiger partial charge on any atom is 0.417 e. The Balaban J connectivity index is 2.95. The predicted molar refractivity (Wildman–Crippen MR) is 77.4 cm³/mol. The highest BCUT2D eigenvalue weighted by molar-refractivity contribution is 5.98. The lowest BCUT2D eigenvalue weighted by Gasteiger charge is -2.18. The molecule has 1 atom stereocenters. The molecule has 0 unspecified atom stereocenters. The van der Waals surface area contributed by atoms with E-state index in [0.717, 1.165) is 19.2 Å². The average Bonchev–Trinajstić information content (AvgIpc) is 2.52. The second-order valence-corrected chi connectivity index (χ2v) is 4.69. The van der Waals surface area contributed by atoms with Crippen molar-refractivity contribution in [3.63, 3.8) is 0 Å². The largest absolute Gasteiger partial charge is 0.467 e. The Morgan fingerprint density at radius 2 is 2.00 bits per heavy atom. The van der Waals surface area contributed by atoms with Gasteiger partial charge < -0.3 is 10.1 Å². The SMILES string of the molecule is C#CCCC[C@H](NC(=O)c1ccccc1C(F)(F)F)C(=O)OC. The lowest BCUT2D eigenvalue weighted by molar-refractivity contribution is -0.143. The van der Waals surface area contributed by atoms with Gasteiger partial charge in [0.2, 0.25) is 0 Å². The number of esters is 1. The minimum absolute atomic E-state index is 0.177. The Kier molecular flexibility index (Phi) is 6.64. The first-order valence-electron chi connectivity index (χ1n) is 6.79. The fraction of sp³-hybridized carbons (Fsp3) is 0.375. The molecule has 0 aliphatic carbocycles. The van der Waals surface area contributed by atoms with Crippen LogP contribution < -0.4 is 5.32 Å². The highest BCUT2D eigenvalue weighted by Crippen LogP contribution is 2.31. The number of hydrogen-bond acceptors (Lipinski definition) is 3. The molecule has 0 aliphatic heterocycles. The molecule has 1 aromatic rings. The number of amides is 1. The van der Waals surface area contributed by atoms with Gasteiger partial charge in [0.25, 0.3) is 5.91 Å². The molecule has 4 nitrogen and oxygen atoms in total. The number of hydrogen-bond donors (Lipinski definition) is 1. The Hall–Kier alpha value is -2.49. The van der Waals surface area contributed by atoms with Crippen molar-refractivity contribution in [3.8, 4) is 12.3 Å². The summed E-state index contributed by atoms with van der Waals surface area (Å²) in [5.74, 6) is 0.653. The van der Waals surface area contributed by atoms with Crippen LogP contribution in [0.2, 0.25) is 0 Å². The molecule has 0 saturated heterocycles. The average molecular weight is 327 g/mol. The Bertz CT molecular complexity index is 605. The van der Waals surface area contributed by atoms with E-state index >= 15 is 0 Å². The van der Waals surface area contributed by atoms with Gasteiger partial charge in [0.15, 0.2) is 0 Å². The molecule has 7 heteroatoms. The summed E-state index contributed by atoms with van der Waals surface area (Å²) in [4.78, 5) is 23.8. The van der Waals surface area contributed by atoms with Gasteiger partial charge in [-0.25, -0.2) is 4.79 Å². The molecular formula is C16H16F3NO3. The van der Waals surface area contributed by atoms with Crippen molar-refractivity contribution >= 4 is 11.9 Å². The van der Waals surface area contributed by atoms with Crippen molar-refractivity contribution in [2.75, 3.05) is 7.11 Å². The van der Waals surface area contributed by atoms with Gasteiger partial charge in [0.05, 0.1) is 18.2 Å². The van der Waals surface area contributed by atoms with E-state index in [1.165, 1.54) is 12.1 Å². The minimum atomic E-state index is -4.67. The molecule has 23 heavy (non-hydrogen) atoms. The number of carbonyl (C=O) groups is 2. The second-order valence-electron chi connectivity index (χ2n) is 4.69. The second kappa shape index (κ2) is 8.22. The maximum atomic E-state index is 12.9. The molecule has 0 fully saturated rings. The molecule has 0 saturated carbocycles. The van der Waals surface area contributed by atoms with Crippen LogP contribution >= 0.6 is 0 Å². The quantitative estimate of drug-likeness (QED) is 0.497. The molecule has 0 aliphatic rings. The molecular weight excluding hydrogens is 311 g/mol. The van der Waals surface area contributed by atoms with E-state index < -0.39 is 35.2 Å². The van der Waals surface area contributed by atoms with Crippen LogP contribution in [-0.2, 0) is 15.7 Å². The van der Waals surface area contributed by atoms with Crippen LogP contribution in [0.15, 0.2) is 24.3 Å². The van der Waals surface area contributed by atoms with E-state index in [1.54, 1.807) is 0 Å². The van der Waals surface area contributed by atoms with Crippen molar-refractivity contribution in [1.29, 1.82) is 0 Å². The number of nitrogens with one attached hydrogen (secondary N) is 1. The first-order valence-corrected chi connectivity index (χ1v) is 6.79. The summed E-state index contributed by atoms with van der Waals surface area (Å²) in [6.07, 6.45) is 1.42. The van der Waals surface area contributed by atoms with Crippen LogP contribution in [0.1, 0.15) is 35.2 Å². The van der Waals surface area contributed by atoms with Gasteiger partial charge in [-0.15, -0.1) is 12.3 Å². The zero-order valence-corrected chi connectivity index (χ0v) is 12.4. The number of rotatable bonds is 6. The van der Waals surface area contributed by atoms with E-state index in [1.807, 2.05) is 0 Å². The van der Waals surface area contributed by atoms with Crippen LogP contribution in [0.5, 0.6) is 0 Å². The van der Waals surface area contributed by atoms with Crippen molar-refractivity contribution in [3.05, 3.63) is 35.4 Å². The number of alkyl halides is 3. The molecule has 1 aromatic carbocycles. The third kappa shape index (κ3) is 5.33. The molecule has 0 aromatic heterocycles. The molecule has 0 spiro atoms. The Labute approximate surface area is 132 Å². The summed E-state index contributed by atoms with van der Waals surface area (Å²) < 4.78 is 43.3. The van der Waals surface area contributed by atoms with E-state index in [2.05, 4.69) is 16.0 Å². The molecule has 1 N–H and O–H groups in total. The first kappa shape index (κ1) is 18.6. The van der Waals surface area contributed by atoms with Crippen LogP contribution in [0.25, 0.3) is 0 Å². The Morgan fingerprint density at radius 1 is 1.35 bits per heavy atom. The van der Waals surface area contributed by atoms with Gasteiger partial charge in [-0.1, -0.05) is 12.1 Å². The maximum absolute atomic E-state index is 12.9. The highest BCUT2D eigenvalue weighted by Gasteiger charge is 2.35. The molecule has 1 amide bonds. The van der Waals surface area contributed by atoms with Gasteiger partial charge >= 0.3 is 12.1 Å². The van der Waals surface area contributed by atoms with Crippen molar-refractivity contribution in [2.45, 2.75) is 31.5 Å². The molecule has 1 rings (SSSR count). The monoisotopic (exact) mass is 327 g/mol. The molecule has 124 valence electrons. The van der Waals surface area contributed by atoms with E-state index in [9.17, 15) is 22.8 Å². The summed E-state index contributed by atoms with van der Waals surface area (Å²) in [7, 11) is 1.13. The van der Waals surface area contributed by atoms with Gasteiger partial charge in [-0.05, 0) is 25.0 Å². The number of ether oxygens (including phenoxy) is 1. The van der Waals surface area contributed by atoms with E-state index in [0.29, 0.717) is 12.8 Å². The van der Waals surface area contributed by atoms with Crippen molar-refractivity contribution in [1.82, 2.24) is 5.32 Å². The number of unbranched alkanes of at least 4 members (excludes halogenated alkanes) is 1. The fourth-order valence-electron chi connectivity index (χ4n) is 1.96. The van der Waals surface area contributed by atoms with Gasteiger partial charge in [0.1, 0.15) is 6.04 Å². The zero-order chi connectivity index (χ0) is 17.5. The van der Waals surface area contributed by atoms with E-state index in [4.69, 9.17) is 6.42 Å². The summed E-state index contributed by atoms with van der Waals surface area (Å²) in [6, 6.07) is 3.30. The standard InChI is InChI=1S/C16H16F3NO3/c1-3-4-5-10-13(15(22)23-2)20-14(21)11-8-6-7-9-12(11)16(17,18)19/h1,6-9,13H,4-5,10H2,2H3,(H,20,21)/t13-/m0/s1. The number of terminal acetylenes is 1. The van der Waals surface area contributed by atoms with Crippen molar-refractivity contribution in [2.24, 2.45) is 0 Å². The normalized spacial score (nSPS) is 12.1. The van der Waals surface area contributed by atoms with E-state index in [-0.39, 0.29) is 6.42 Å².